The standard InChI is InChI=1S/C14H14N6O6S/c1-19-11-10(12(23)18-14(19)24)20(6-9(21)22)13(17-11)16-7-2-4-8(5-3-7)27(15,25)26/h2-5H,6H2,1H3,(H,16,17)(H,21,22)(H2,15,25,26)(H,18,23,24). The summed E-state index contributed by atoms with van der Waals surface area (Å²) in [6, 6.07) is 5.30. The van der Waals surface area contributed by atoms with Gasteiger partial charge < -0.3 is 10.4 Å². The Morgan fingerprint density at radius 3 is 2.48 bits per heavy atom. The number of fused-ring (bicyclic) bond motifs is 1. The Bertz CT molecular complexity index is 1270. The average molecular weight is 394 g/mol. The molecule has 142 valence electrons. The minimum absolute atomic E-state index is 0.00587. The monoisotopic (exact) mass is 394 g/mol. The Hall–Kier alpha value is -3.45. The van der Waals surface area contributed by atoms with Crippen LogP contribution in [0.5, 0.6) is 0 Å². The van der Waals surface area contributed by atoms with Crippen LogP contribution in [0, 0.1) is 0 Å². The molecule has 1 aromatic carbocycles. The maximum Gasteiger partial charge on any atom is 0.329 e. The second-order valence-corrected chi connectivity index (χ2v) is 7.16. The predicted molar refractivity (Wildman–Crippen MR) is 94.3 cm³/mol. The number of rotatable bonds is 5. The lowest BCUT2D eigenvalue weighted by molar-refractivity contribution is -0.137. The number of carboxylic acids is 1. The molecule has 0 radical (unpaired) electrons. The van der Waals surface area contributed by atoms with E-state index < -0.39 is 33.8 Å². The van der Waals surface area contributed by atoms with Crippen LogP contribution in [0.3, 0.4) is 0 Å². The Labute approximate surface area is 150 Å². The zero-order valence-corrected chi connectivity index (χ0v) is 14.6. The maximum absolute atomic E-state index is 12.1. The van der Waals surface area contributed by atoms with Gasteiger partial charge in [-0.25, -0.2) is 18.4 Å². The van der Waals surface area contributed by atoms with Crippen LogP contribution in [-0.2, 0) is 28.4 Å². The number of primary sulfonamides is 1. The zero-order valence-electron chi connectivity index (χ0n) is 13.8. The summed E-state index contributed by atoms with van der Waals surface area (Å²) in [7, 11) is -2.48. The van der Waals surface area contributed by atoms with E-state index in [9.17, 15) is 22.8 Å². The largest absolute Gasteiger partial charge is 0.480 e. The fraction of sp³-hybridized carbons (Fsp3) is 0.143. The van der Waals surface area contributed by atoms with Gasteiger partial charge in [0.05, 0.1) is 4.90 Å². The average Bonchev–Trinajstić information content (AvgIpc) is 2.91. The maximum atomic E-state index is 12.1. The zero-order chi connectivity index (χ0) is 19.9. The molecule has 5 N–H and O–H groups in total. The molecule has 0 atom stereocenters. The van der Waals surface area contributed by atoms with E-state index in [-0.39, 0.29) is 22.0 Å². The number of nitrogens with zero attached hydrogens (tertiary/aromatic N) is 3. The number of hydrogen-bond donors (Lipinski definition) is 4. The van der Waals surface area contributed by atoms with Crippen molar-refractivity contribution in [3.63, 3.8) is 0 Å². The van der Waals surface area contributed by atoms with E-state index in [1.165, 1.54) is 31.3 Å². The number of nitrogens with one attached hydrogen (secondary N) is 2. The first-order valence-electron chi connectivity index (χ1n) is 7.39. The summed E-state index contributed by atoms with van der Waals surface area (Å²) in [5.41, 5.74) is -1.21. The Morgan fingerprint density at radius 1 is 1.30 bits per heavy atom. The van der Waals surface area contributed by atoms with Gasteiger partial charge in [0.1, 0.15) is 6.54 Å². The van der Waals surface area contributed by atoms with Crippen LogP contribution >= 0.6 is 0 Å². The van der Waals surface area contributed by atoms with Gasteiger partial charge in [0.25, 0.3) is 5.56 Å². The molecule has 12 nitrogen and oxygen atoms in total. The van der Waals surface area contributed by atoms with Gasteiger partial charge in [-0.3, -0.25) is 23.7 Å². The van der Waals surface area contributed by atoms with Crippen molar-refractivity contribution in [3.8, 4) is 0 Å². The highest BCUT2D eigenvalue weighted by Gasteiger charge is 2.19. The molecule has 0 bridgehead atoms. The van der Waals surface area contributed by atoms with E-state index in [1.54, 1.807) is 0 Å². The highest BCUT2D eigenvalue weighted by Crippen LogP contribution is 2.21. The molecule has 0 spiro atoms. The molecule has 13 heteroatoms. The summed E-state index contributed by atoms with van der Waals surface area (Å²) in [6.07, 6.45) is 0. The molecule has 0 saturated heterocycles. The van der Waals surface area contributed by atoms with Crippen LogP contribution in [0.25, 0.3) is 11.2 Å². The summed E-state index contributed by atoms with van der Waals surface area (Å²) in [4.78, 5) is 41.2. The Morgan fingerprint density at radius 2 is 1.93 bits per heavy atom. The number of benzene rings is 1. The van der Waals surface area contributed by atoms with Crippen molar-refractivity contribution in [1.82, 2.24) is 19.1 Å². The number of anilines is 2. The summed E-state index contributed by atoms with van der Waals surface area (Å²) in [6.45, 7) is -0.588. The van der Waals surface area contributed by atoms with Gasteiger partial charge in [0.15, 0.2) is 11.2 Å². The predicted octanol–water partition coefficient (Wildman–Crippen LogP) is -1.10. The van der Waals surface area contributed by atoms with E-state index in [0.717, 1.165) is 9.13 Å². The second-order valence-electron chi connectivity index (χ2n) is 5.60. The van der Waals surface area contributed by atoms with Crippen LogP contribution in [0.15, 0.2) is 38.8 Å². The second kappa shape index (κ2) is 6.37. The third-order valence-electron chi connectivity index (χ3n) is 3.74. The molecule has 3 aromatic rings. The number of sulfonamides is 1. The summed E-state index contributed by atoms with van der Waals surface area (Å²) < 4.78 is 24.8. The number of hydrogen-bond acceptors (Lipinski definition) is 7. The molecule has 2 aromatic heterocycles. The van der Waals surface area contributed by atoms with Gasteiger partial charge in [-0.2, -0.15) is 4.98 Å². The number of carbonyl (C=O) groups is 1. The van der Waals surface area contributed by atoms with Gasteiger partial charge in [0.2, 0.25) is 16.0 Å². The van der Waals surface area contributed by atoms with Crippen molar-refractivity contribution in [2.75, 3.05) is 5.32 Å². The van der Waals surface area contributed by atoms with Crippen LogP contribution < -0.4 is 21.7 Å². The number of aromatic nitrogens is 4. The summed E-state index contributed by atoms with van der Waals surface area (Å²) in [5.74, 6) is -1.24. The van der Waals surface area contributed by atoms with Gasteiger partial charge in [-0.05, 0) is 24.3 Å². The van der Waals surface area contributed by atoms with Crippen LogP contribution in [0.4, 0.5) is 11.6 Å². The van der Waals surface area contributed by atoms with Crippen molar-refractivity contribution in [2.24, 2.45) is 12.2 Å². The topological polar surface area (TPSA) is 182 Å². The van der Waals surface area contributed by atoms with Crippen molar-refractivity contribution >= 4 is 38.8 Å². The van der Waals surface area contributed by atoms with E-state index in [1.807, 2.05) is 0 Å². The summed E-state index contributed by atoms with van der Waals surface area (Å²) >= 11 is 0. The molecule has 0 fully saturated rings. The SMILES string of the molecule is Cn1c(=O)[nH]c(=O)c2c1nc(Nc1ccc(S(N)(=O)=O)cc1)n2CC(=O)O. The smallest absolute Gasteiger partial charge is 0.329 e. The van der Waals surface area contributed by atoms with E-state index in [2.05, 4.69) is 15.3 Å². The highest BCUT2D eigenvalue weighted by atomic mass is 32.2. The van der Waals surface area contributed by atoms with Crippen molar-refractivity contribution in [1.29, 1.82) is 0 Å². The molecule has 3 rings (SSSR count). The summed E-state index contributed by atoms with van der Waals surface area (Å²) in [5, 5.41) is 17.0. The molecule has 27 heavy (non-hydrogen) atoms. The molecular formula is C14H14N6O6S. The normalized spacial score (nSPS) is 11.6. The molecule has 0 saturated carbocycles. The molecule has 0 amide bonds. The van der Waals surface area contributed by atoms with E-state index in [4.69, 9.17) is 10.2 Å². The Kier molecular flexibility index (Phi) is 4.33. The van der Waals surface area contributed by atoms with E-state index >= 15 is 0 Å². The van der Waals surface area contributed by atoms with Crippen LogP contribution in [-0.4, -0.2) is 38.6 Å². The first kappa shape index (κ1) is 18.3. The van der Waals surface area contributed by atoms with Crippen LogP contribution in [0.1, 0.15) is 0 Å². The number of aliphatic carboxylic acids is 1. The minimum atomic E-state index is -3.86. The van der Waals surface area contributed by atoms with Crippen molar-refractivity contribution in [3.05, 3.63) is 45.1 Å². The lowest BCUT2D eigenvalue weighted by Gasteiger charge is -2.08. The fourth-order valence-electron chi connectivity index (χ4n) is 2.48. The molecular weight excluding hydrogens is 380 g/mol. The molecule has 2 heterocycles. The minimum Gasteiger partial charge on any atom is -0.480 e. The molecule has 0 aliphatic rings. The number of aryl methyl sites for hydroxylation is 1. The highest BCUT2D eigenvalue weighted by molar-refractivity contribution is 7.89. The molecule has 0 aliphatic carbocycles. The lowest BCUT2D eigenvalue weighted by atomic mass is 10.3. The lowest BCUT2D eigenvalue weighted by Crippen LogP contribution is -2.29. The van der Waals surface area contributed by atoms with Gasteiger partial charge >= 0.3 is 11.7 Å². The molecule has 0 unspecified atom stereocenters. The number of aromatic amines is 1. The van der Waals surface area contributed by atoms with E-state index in [0.29, 0.717) is 5.69 Å². The fourth-order valence-corrected chi connectivity index (χ4v) is 2.99. The quantitative estimate of drug-likeness (QED) is 0.420. The number of H-pyrrole nitrogens is 1. The van der Waals surface area contributed by atoms with Gasteiger partial charge in [-0.15, -0.1) is 0 Å². The Balaban J connectivity index is 2.15. The number of imidazole rings is 1. The third kappa shape index (κ3) is 3.45. The first-order chi connectivity index (χ1) is 12.6. The van der Waals surface area contributed by atoms with Gasteiger partial charge in [-0.1, -0.05) is 0 Å². The van der Waals surface area contributed by atoms with Crippen molar-refractivity contribution < 1.29 is 18.3 Å². The number of carboxylic acid groups (broad SMARTS) is 1. The number of nitrogens with two attached hydrogens (primary N) is 1. The van der Waals surface area contributed by atoms with Crippen molar-refractivity contribution in [2.45, 2.75) is 11.4 Å². The van der Waals surface area contributed by atoms with Crippen LogP contribution in [0.2, 0.25) is 0 Å². The third-order valence-corrected chi connectivity index (χ3v) is 4.67. The van der Waals surface area contributed by atoms with Gasteiger partial charge in [0, 0.05) is 12.7 Å². The molecule has 0 aliphatic heterocycles. The first-order valence-corrected chi connectivity index (χ1v) is 8.94.